The van der Waals surface area contributed by atoms with Crippen LogP contribution >= 0.6 is 28.3 Å². The van der Waals surface area contributed by atoms with E-state index < -0.39 is 0 Å². The minimum absolute atomic E-state index is 0. The van der Waals surface area contributed by atoms with Crippen molar-refractivity contribution in [3.63, 3.8) is 0 Å². The summed E-state index contributed by atoms with van der Waals surface area (Å²) in [4.78, 5) is 13.1. The molecule has 0 bridgehead atoms. The number of hydrogen-bond donors (Lipinski definition) is 1. The first-order valence-corrected chi connectivity index (χ1v) is 9.30. The molecule has 4 rings (SSSR count). The Morgan fingerprint density at radius 1 is 1.08 bits per heavy atom. The van der Waals surface area contributed by atoms with Gasteiger partial charge in [0.2, 0.25) is 0 Å². The van der Waals surface area contributed by atoms with Gasteiger partial charge in [-0.15, -0.1) is 17.0 Å². The van der Waals surface area contributed by atoms with Crippen molar-refractivity contribution in [1.82, 2.24) is 4.57 Å². The van der Waals surface area contributed by atoms with Crippen molar-refractivity contribution in [2.75, 3.05) is 0 Å². The second-order valence-electron chi connectivity index (χ2n) is 6.49. The van der Waals surface area contributed by atoms with E-state index in [1.165, 1.54) is 42.6 Å². The van der Waals surface area contributed by atoms with Crippen LogP contribution in [0.15, 0.2) is 48.5 Å². The Morgan fingerprint density at radius 2 is 1.76 bits per heavy atom. The Morgan fingerprint density at radius 3 is 2.48 bits per heavy atom. The molecule has 0 aliphatic heterocycles. The molecule has 0 radical (unpaired) electrons. The zero-order valence-electron chi connectivity index (χ0n) is 13.9. The zero-order valence-corrected chi connectivity index (χ0v) is 16.4. The fourth-order valence-corrected chi connectivity index (χ4v) is 4.54. The third-order valence-corrected chi connectivity index (χ3v) is 5.95. The van der Waals surface area contributed by atoms with E-state index in [2.05, 4.69) is 12.1 Å². The summed E-state index contributed by atoms with van der Waals surface area (Å²) in [5.74, 6) is 0.735. The lowest BCUT2D eigenvalue weighted by Crippen LogP contribution is -2.19. The van der Waals surface area contributed by atoms with Crippen molar-refractivity contribution in [1.29, 1.82) is 5.41 Å². The number of Topliss-reactive ketones (excluding diaryl/α,β-unsaturated/α-hetero) is 1. The summed E-state index contributed by atoms with van der Waals surface area (Å²) in [6.07, 6.45) is 5.18. The molecule has 0 saturated heterocycles. The summed E-state index contributed by atoms with van der Waals surface area (Å²) in [5.41, 5.74) is 3.06. The average molecular weight is 417 g/mol. The first-order valence-electron chi connectivity index (χ1n) is 8.48. The summed E-state index contributed by atoms with van der Waals surface area (Å²) < 4.78 is 2.85. The van der Waals surface area contributed by atoms with Gasteiger partial charge in [0.1, 0.15) is 0 Å². The number of nitrogens with zero attached hydrogens (tertiary/aromatic N) is 1. The third-order valence-electron chi connectivity index (χ3n) is 4.97. The monoisotopic (exact) mass is 416 g/mol. The summed E-state index contributed by atoms with van der Waals surface area (Å²) in [6, 6.07) is 16.0. The van der Waals surface area contributed by atoms with Gasteiger partial charge < -0.3 is 4.57 Å². The van der Waals surface area contributed by atoms with Gasteiger partial charge in [-0.3, -0.25) is 10.2 Å². The molecule has 1 fully saturated rings. The highest BCUT2D eigenvalue weighted by Gasteiger charge is 2.17. The smallest absolute Gasteiger partial charge is 0.183 e. The van der Waals surface area contributed by atoms with Gasteiger partial charge in [-0.1, -0.05) is 60.6 Å². The predicted molar refractivity (Wildman–Crippen MR) is 108 cm³/mol. The van der Waals surface area contributed by atoms with Gasteiger partial charge >= 0.3 is 0 Å². The Hall–Kier alpha value is -1.72. The molecule has 1 heterocycles. The predicted octanol–water partition coefficient (Wildman–Crippen LogP) is 5.30. The van der Waals surface area contributed by atoms with Crippen LogP contribution in [0.25, 0.3) is 10.2 Å². The van der Waals surface area contributed by atoms with Crippen molar-refractivity contribution < 1.29 is 4.79 Å². The number of rotatable bonds is 4. The molecule has 0 atom stereocenters. The van der Waals surface area contributed by atoms with Gasteiger partial charge in [-0.25, -0.2) is 0 Å². The molecule has 1 aliphatic carbocycles. The van der Waals surface area contributed by atoms with Crippen molar-refractivity contribution in [3.05, 3.63) is 64.5 Å². The SMILES string of the molecule is Br.N=c1sc2ccccc2n1CC(=O)c1ccc(C2CCCC2)cc1. The van der Waals surface area contributed by atoms with Crippen LogP contribution in [0.1, 0.15) is 47.5 Å². The lowest BCUT2D eigenvalue weighted by Gasteiger charge is -2.10. The average Bonchev–Trinajstić information content (AvgIpc) is 3.24. The van der Waals surface area contributed by atoms with E-state index in [0.29, 0.717) is 10.7 Å². The molecule has 1 aliphatic rings. The normalized spacial score (nSPS) is 14.6. The molecular weight excluding hydrogens is 396 g/mol. The minimum atomic E-state index is 0. The fourth-order valence-electron chi connectivity index (χ4n) is 3.63. The van der Waals surface area contributed by atoms with Gasteiger partial charge in [0.25, 0.3) is 0 Å². The number of ketones is 1. The van der Waals surface area contributed by atoms with E-state index >= 15 is 0 Å². The second-order valence-corrected chi connectivity index (χ2v) is 7.52. The van der Waals surface area contributed by atoms with E-state index in [-0.39, 0.29) is 29.3 Å². The maximum Gasteiger partial charge on any atom is 0.183 e. The molecule has 3 aromatic rings. The number of benzene rings is 2. The van der Waals surface area contributed by atoms with E-state index in [0.717, 1.165) is 15.8 Å². The topological polar surface area (TPSA) is 45.9 Å². The number of para-hydroxylation sites is 1. The molecule has 25 heavy (non-hydrogen) atoms. The number of hydrogen-bond acceptors (Lipinski definition) is 3. The van der Waals surface area contributed by atoms with E-state index in [1.54, 1.807) is 4.57 Å². The van der Waals surface area contributed by atoms with Crippen molar-refractivity contribution in [2.24, 2.45) is 0 Å². The lowest BCUT2D eigenvalue weighted by molar-refractivity contribution is 0.0972. The van der Waals surface area contributed by atoms with Crippen LogP contribution in [0, 0.1) is 5.41 Å². The van der Waals surface area contributed by atoms with Crippen molar-refractivity contribution in [2.45, 2.75) is 38.1 Å². The molecule has 0 unspecified atom stereocenters. The molecule has 0 amide bonds. The Labute approximate surface area is 161 Å². The van der Waals surface area contributed by atoms with Gasteiger partial charge in [0.05, 0.1) is 16.8 Å². The number of thiazole rings is 1. The quantitative estimate of drug-likeness (QED) is 0.576. The highest BCUT2D eigenvalue weighted by atomic mass is 79.9. The van der Waals surface area contributed by atoms with E-state index in [9.17, 15) is 4.79 Å². The van der Waals surface area contributed by atoms with Crippen LogP contribution in [-0.2, 0) is 6.54 Å². The number of halogens is 1. The first kappa shape index (κ1) is 18.1. The van der Waals surface area contributed by atoms with Gasteiger partial charge in [-0.05, 0) is 36.5 Å². The molecular formula is C20H21BrN2OS. The van der Waals surface area contributed by atoms with E-state index in [1.807, 2.05) is 36.4 Å². The van der Waals surface area contributed by atoms with Crippen LogP contribution in [0.2, 0.25) is 0 Å². The number of carbonyl (C=O) groups is 1. The molecule has 0 spiro atoms. The lowest BCUT2D eigenvalue weighted by atomic mass is 9.96. The maximum absolute atomic E-state index is 12.6. The van der Waals surface area contributed by atoms with Gasteiger partial charge in [0.15, 0.2) is 10.6 Å². The third kappa shape index (κ3) is 3.62. The Kier molecular flexibility index (Phi) is 5.54. The number of aromatic nitrogens is 1. The summed E-state index contributed by atoms with van der Waals surface area (Å²) in [7, 11) is 0. The van der Waals surface area contributed by atoms with Gasteiger partial charge in [-0.2, -0.15) is 0 Å². The van der Waals surface area contributed by atoms with Crippen LogP contribution in [0.3, 0.4) is 0 Å². The molecule has 3 nitrogen and oxygen atoms in total. The maximum atomic E-state index is 12.6. The first-order chi connectivity index (χ1) is 11.7. The van der Waals surface area contributed by atoms with Crippen LogP contribution in [0.5, 0.6) is 0 Å². The number of fused-ring (bicyclic) bond motifs is 1. The number of nitrogens with one attached hydrogen (secondary N) is 1. The Balaban J connectivity index is 0.00000182. The zero-order chi connectivity index (χ0) is 16.5. The van der Waals surface area contributed by atoms with Crippen LogP contribution in [0.4, 0.5) is 0 Å². The summed E-state index contributed by atoms with van der Waals surface area (Å²) in [5, 5.41) is 8.13. The van der Waals surface area contributed by atoms with Gasteiger partial charge in [0, 0.05) is 5.56 Å². The molecule has 2 aromatic carbocycles. The van der Waals surface area contributed by atoms with Crippen molar-refractivity contribution >= 4 is 44.3 Å². The summed E-state index contributed by atoms with van der Waals surface area (Å²) >= 11 is 1.41. The van der Waals surface area contributed by atoms with Crippen LogP contribution in [-0.4, -0.2) is 10.4 Å². The molecule has 130 valence electrons. The fraction of sp³-hybridized carbons (Fsp3) is 0.300. The second kappa shape index (κ2) is 7.67. The molecule has 1 saturated carbocycles. The molecule has 5 heteroatoms. The molecule has 1 N–H and O–H groups in total. The standard InChI is InChI=1S/C20H20N2OS.BrH/c21-20-22(17-7-3-4-8-19(17)24-20)13-18(23)16-11-9-15(10-12-16)14-5-1-2-6-14;/h3-4,7-12,14,21H,1-2,5-6,13H2;1H. The largest absolute Gasteiger partial charge is 0.309 e. The minimum Gasteiger partial charge on any atom is -0.309 e. The highest BCUT2D eigenvalue weighted by Crippen LogP contribution is 2.34. The van der Waals surface area contributed by atoms with E-state index in [4.69, 9.17) is 5.41 Å². The molecule has 1 aromatic heterocycles. The highest BCUT2D eigenvalue weighted by molar-refractivity contribution is 8.93. The number of carbonyl (C=O) groups excluding carboxylic acids is 1. The Bertz CT molecular complexity index is 936. The summed E-state index contributed by atoms with van der Waals surface area (Å²) in [6.45, 7) is 0.228. The van der Waals surface area contributed by atoms with Crippen molar-refractivity contribution in [3.8, 4) is 0 Å². The van der Waals surface area contributed by atoms with Crippen LogP contribution < -0.4 is 4.80 Å².